The van der Waals surface area contributed by atoms with E-state index in [1.807, 2.05) is 12.1 Å². The molecule has 1 heterocycles. The van der Waals surface area contributed by atoms with Gasteiger partial charge < -0.3 is 10.2 Å². The lowest BCUT2D eigenvalue weighted by Crippen LogP contribution is -2.33. The van der Waals surface area contributed by atoms with Crippen molar-refractivity contribution in [3.05, 3.63) is 64.7 Å². The third kappa shape index (κ3) is 4.01. The Hall–Kier alpha value is -3.15. The van der Waals surface area contributed by atoms with E-state index < -0.39 is 11.8 Å². The molecular formula is C23H25N3O3. The number of hydrogen-bond acceptors (Lipinski definition) is 4. The van der Waals surface area contributed by atoms with Gasteiger partial charge in [0.2, 0.25) is 0 Å². The molecule has 2 aliphatic rings. The van der Waals surface area contributed by atoms with Gasteiger partial charge in [0, 0.05) is 30.9 Å². The van der Waals surface area contributed by atoms with Gasteiger partial charge in [0.1, 0.15) is 0 Å². The Morgan fingerprint density at radius 3 is 2.41 bits per heavy atom. The van der Waals surface area contributed by atoms with Crippen molar-refractivity contribution in [1.29, 1.82) is 0 Å². The van der Waals surface area contributed by atoms with Crippen LogP contribution in [0.1, 0.15) is 68.7 Å². The summed E-state index contributed by atoms with van der Waals surface area (Å²) in [5.74, 6) is -1.16. The van der Waals surface area contributed by atoms with E-state index in [1.165, 1.54) is 49.9 Å². The fraction of sp³-hybridized carbons (Fsp3) is 0.348. The lowest BCUT2D eigenvalue weighted by atomic mass is 9.94. The number of carbonyl (C=O) groups is 3. The number of anilines is 1. The molecule has 2 aromatic carbocycles. The van der Waals surface area contributed by atoms with Crippen molar-refractivity contribution in [2.75, 3.05) is 11.9 Å². The van der Waals surface area contributed by atoms with Gasteiger partial charge in [-0.2, -0.15) is 0 Å². The van der Waals surface area contributed by atoms with Crippen LogP contribution in [0.25, 0.3) is 0 Å². The highest BCUT2D eigenvalue weighted by atomic mass is 16.2. The molecule has 0 radical (unpaired) electrons. The average molecular weight is 391 g/mol. The van der Waals surface area contributed by atoms with Crippen LogP contribution >= 0.6 is 0 Å². The maximum Gasteiger partial charge on any atom is 0.258 e. The molecule has 3 amide bonds. The van der Waals surface area contributed by atoms with Crippen LogP contribution < -0.4 is 15.5 Å². The van der Waals surface area contributed by atoms with Gasteiger partial charge in [0.05, 0.1) is 11.1 Å². The highest BCUT2D eigenvalue weighted by Gasteiger charge is 2.27. The van der Waals surface area contributed by atoms with Crippen LogP contribution in [0.4, 0.5) is 5.69 Å². The van der Waals surface area contributed by atoms with E-state index in [4.69, 9.17) is 0 Å². The van der Waals surface area contributed by atoms with E-state index in [2.05, 4.69) is 34.7 Å². The second kappa shape index (κ2) is 8.07. The van der Waals surface area contributed by atoms with Gasteiger partial charge in [0.25, 0.3) is 17.7 Å². The Labute approximate surface area is 170 Å². The minimum absolute atomic E-state index is 0.248. The lowest BCUT2D eigenvalue weighted by molar-refractivity contribution is 0.0878. The first-order valence-corrected chi connectivity index (χ1v) is 10.1. The molecule has 2 aromatic rings. The smallest absolute Gasteiger partial charge is 0.258 e. The minimum Gasteiger partial charge on any atom is -0.372 e. The Morgan fingerprint density at radius 2 is 1.69 bits per heavy atom. The van der Waals surface area contributed by atoms with Crippen molar-refractivity contribution in [1.82, 2.24) is 10.6 Å². The van der Waals surface area contributed by atoms with Gasteiger partial charge in [-0.25, -0.2) is 0 Å². The number of rotatable bonds is 5. The van der Waals surface area contributed by atoms with Gasteiger partial charge in [-0.3, -0.25) is 19.7 Å². The zero-order valence-electron chi connectivity index (χ0n) is 16.5. The van der Waals surface area contributed by atoms with Crippen LogP contribution in [-0.2, 0) is 6.54 Å². The molecule has 6 nitrogen and oxygen atoms in total. The maximum atomic E-state index is 12.5. The van der Waals surface area contributed by atoms with E-state index >= 15 is 0 Å². The van der Waals surface area contributed by atoms with E-state index in [-0.39, 0.29) is 11.5 Å². The molecule has 0 atom stereocenters. The summed E-state index contributed by atoms with van der Waals surface area (Å²) in [6, 6.07) is 13.4. The molecule has 0 unspecified atom stereocenters. The molecule has 29 heavy (non-hydrogen) atoms. The van der Waals surface area contributed by atoms with E-state index in [1.54, 1.807) is 6.07 Å². The second-order valence-electron chi connectivity index (χ2n) is 7.80. The van der Waals surface area contributed by atoms with Crippen LogP contribution in [0.2, 0.25) is 0 Å². The van der Waals surface area contributed by atoms with Gasteiger partial charge in [-0.05, 0) is 48.7 Å². The summed E-state index contributed by atoms with van der Waals surface area (Å²) in [7, 11) is 2.15. The Kier molecular flexibility index (Phi) is 5.34. The summed E-state index contributed by atoms with van der Waals surface area (Å²) >= 11 is 0. The fourth-order valence-corrected chi connectivity index (χ4v) is 4.12. The van der Waals surface area contributed by atoms with Gasteiger partial charge in [-0.1, -0.05) is 31.4 Å². The van der Waals surface area contributed by atoms with E-state index in [0.717, 1.165) is 5.56 Å². The standard InChI is InChI=1S/C23H25N3O3/c1-26(17-5-3-2-4-6-17)18-10-7-15(8-11-18)14-24-21(27)16-9-12-19-20(13-16)23(29)25-22(19)28/h7-13,17H,2-6,14H2,1H3,(H,24,27)(H,25,28,29). The molecule has 2 N–H and O–H groups in total. The Balaban J connectivity index is 1.37. The third-order valence-electron chi connectivity index (χ3n) is 5.92. The fourth-order valence-electron chi connectivity index (χ4n) is 4.12. The van der Waals surface area contributed by atoms with Crippen molar-refractivity contribution in [3.8, 4) is 0 Å². The molecule has 0 aromatic heterocycles. The number of carbonyl (C=O) groups excluding carboxylic acids is 3. The van der Waals surface area contributed by atoms with Crippen molar-refractivity contribution in [2.24, 2.45) is 0 Å². The summed E-state index contributed by atoms with van der Waals surface area (Å²) in [5.41, 5.74) is 3.12. The van der Waals surface area contributed by atoms with Crippen molar-refractivity contribution < 1.29 is 14.4 Å². The first kappa shape index (κ1) is 19.2. The summed E-state index contributed by atoms with van der Waals surface area (Å²) in [5, 5.41) is 5.11. The van der Waals surface area contributed by atoms with E-state index in [0.29, 0.717) is 23.7 Å². The van der Waals surface area contributed by atoms with Crippen LogP contribution in [0.15, 0.2) is 42.5 Å². The van der Waals surface area contributed by atoms with Gasteiger partial charge in [-0.15, -0.1) is 0 Å². The molecule has 0 saturated heterocycles. The number of hydrogen-bond donors (Lipinski definition) is 2. The highest BCUT2D eigenvalue weighted by molar-refractivity contribution is 6.22. The molecule has 1 aliphatic heterocycles. The monoisotopic (exact) mass is 391 g/mol. The Morgan fingerprint density at radius 1 is 1.00 bits per heavy atom. The molecule has 150 valence electrons. The molecular weight excluding hydrogens is 366 g/mol. The van der Waals surface area contributed by atoms with Crippen LogP contribution in [0.5, 0.6) is 0 Å². The van der Waals surface area contributed by atoms with Crippen molar-refractivity contribution in [3.63, 3.8) is 0 Å². The zero-order valence-corrected chi connectivity index (χ0v) is 16.5. The second-order valence-corrected chi connectivity index (χ2v) is 7.80. The van der Waals surface area contributed by atoms with Crippen LogP contribution in [0.3, 0.4) is 0 Å². The van der Waals surface area contributed by atoms with E-state index in [9.17, 15) is 14.4 Å². The zero-order chi connectivity index (χ0) is 20.4. The maximum absolute atomic E-state index is 12.5. The number of benzene rings is 2. The highest BCUT2D eigenvalue weighted by Crippen LogP contribution is 2.26. The summed E-state index contributed by atoms with van der Waals surface area (Å²) < 4.78 is 0. The normalized spacial score (nSPS) is 16.3. The first-order chi connectivity index (χ1) is 14.0. The lowest BCUT2D eigenvalue weighted by Gasteiger charge is -2.33. The topological polar surface area (TPSA) is 78.5 Å². The summed E-state index contributed by atoms with van der Waals surface area (Å²) in [6.07, 6.45) is 6.45. The average Bonchev–Trinajstić information content (AvgIpc) is 3.05. The quantitative estimate of drug-likeness (QED) is 0.767. The van der Waals surface area contributed by atoms with Crippen LogP contribution in [0, 0.1) is 0 Å². The molecule has 1 saturated carbocycles. The number of nitrogens with one attached hydrogen (secondary N) is 2. The number of nitrogens with zero attached hydrogens (tertiary/aromatic N) is 1. The summed E-state index contributed by atoms with van der Waals surface area (Å²) in [4.78, 5) is 38.2. The molecule has 0 bridgehead atoms. The predicted molar refractivity (Wildman–Crippen MR) is 111 cm³/mol. The predicted octanol–water partition coefficient (Wildman–Crippen LogP) is 3.27. The minimum atomic E-state index is -0.461. The first-order valence-electron chi connectivity index (χ1n) is 10.1. The van der Waals surface area contributed by atoms with Crippen molar-refractivity contribution >= 4 is 23.4 Å². The summed E-state index contributed by atoms with van der Waals surface area (Å²) in [6.45, 7) is 0.397. The Bertz CT molecular complexity index is 946. The van der Waals surface area contributed by atoms with Crippen molar-refractivity contribution in [2.45, 2.75) is 44.7 Å². The van der Waals surface area contributed by atoms with Gasteiger partial charge in [0.15, 0.2) is 0 Å². The van der Waals surface area contributed by atoms with Gasteiger partial charge >= 0.3 is 0 Å². The molecule has 4 rings (SSSR count). The number of amides is 3. The third-order valence-corrected chi connectivity index (χ3v) is 5.92. The SMILES string of the molecule is CN(c1ccc(CNC(=O)c2ccc3c(c2)C(=O)NC3=O)cc1)C1CCCCC1. The van der Waals surface area contributed by atoms with Crippen LogP contribution in [-0.4, -0.2) is 30.8 Å². The number of fused-ring (bicyclic) bond motifs is 1. The largest absolute Gasteiger partial charge is 0.372 e. The molecule has 6 heteroatoms. The molecule has 1 aliphatic carbocycles. The molecule has 1 fully saturated rings. The molecule has 0 spiro atoms. The number of imide groups is 1.